The molecular formula is C15H19ClN6. The Morgan fingerprint density at radius 3 is 2.77 bits per heavy atom. The number of benzene rings is 1. The van der Waals surface area contributed by atoms with Crippen molar-refractivity contribution in [3.8, 4) is 0 Å². The minimum atomic E-state index is 0.618. The molecule has 0 spiro atoms. The Morgan fingerprint density at radius 1 is 1.23 bits per heavy atom. The van der Waals surface area contributed by atoms with Gasteiger partial charge in [-0.25, -0.2) is 0 Å². The number of hydrogen-bond donors (Lipinski definition) is 2. The standard InChI is InChI=1S/C15H19ClN6/c1-17-15(18-9-11-4-6-12(16)7-5-11)19-10-14-21-20-13-3-2-8-22(13)14/h4-7H,2-3,8-10H2,1H3,(H2,17,18,19). The van der Waals surface area contributed by atoms with E-state index in [0.29, 0.717) is 13.1 Å². The number of hydrogen-bond acceptors (Lipinski definition) is 3. The number of aromatic nitrogens is 3. The number of halogens is 1. The molecule has 1 aliphatic rings. The third-order valence-corrected chi connectivity index (χ3v) is 3.95. The summed E-state index contributed by atoms with van der Waals surface area (Å²) in [7, 11) is 1.76. The highest BCUT2D eigenvalue weighted by Gasteiger charge is 2.16. The van der Waals surface area contributed by atoms with Crippen LogP contribution in [0.4, 0.5) is 0 Å². The zero-order valence-electron chi connectivity index (χ0n) is 12.5. The number of nitrogens with one attached hydrogen (secondary N) is 2. The van der Waals surface area contributed by atoms with E-state index in [2.05, 4.69) is 30.4 Å². The molecule has 1 aliphatic heterocycles. The summed E-state index contributed by atoms with van der Waals surface area (Å²) in [4.78, 5) is 4.22. The van der Waals surface area contributed by atoms with Crippen molar-refractivity contribution in [1.29, 1.82) is 0 Å². The van der Waals surface area contributed by atoms with Crippen LogP contribution >= 0.6 is 11.6 Å². The number of guanidine groups is 1. The van der Waals surface area contributed by atoms with Crippen LogP contribution in [0, 0.1) is 0 Å². The highest BCUT2D eigenvalue weighted by Crippen LogP contribution is 2.13. The maximum Gasteiger partial charge on any atom is 0.191 e. The van der Waals surface area contributed by atoms with Gasteiger partial charge in [-0.3, -0.25) is 4.99 Å². The molecule has 0 bridgehead atoms. The van der Waals surface area contributed by atoms with Gasteiger partial charge in [0.1, 0.15) is 5.82 Å². The molecule has 0 atom stereocenters. The van der Waals surface area contributed by atoms with Crippen LogP contribution in [0.2, 0.25) is 5.02 Å². The molecule has 0 amide bonds. The Kier molecular flexibility index (Phi) is 4.58. The summed E-state index contributed by atoms with van der Waals surface area (Å²) in [6.07, 6.45) is 2.18. The third-order valence-electron chi connectivity index (χ3n) is 3.70. The van der Waals surface area contributed by atoms with Crippen LogP contribution in [-0.4, -0.2) is 27.8 Å². The van der Waals surface area contributed by atoms with Gasteiger partial charge in [-0.05, 0) is 24.1 Å². The number of fused-ring (bicyclic) bond motifs is 1. The molecule has 116 valence electrons. The number of aliphatic imine (C=N–C) groups is 1. The number of nitrogens with zero attached hydrogens (tertiary/aromatic N) is 4. The van der Waals surface area contributed by atoms with E-state index in [4.69, 9.17) is 11.6 Å². The molecule has 0 radical (unpaired) electrons. The van der Waals surface area contributed by atoms with Gasteiger partial charge in [0.05, 0.1) is 6.54 Å². The Labute approximate surface area is 134 Å². The van der Waals surface area contributed by atoms with Gasteiger partial charge >= 0.3 is 0 Å². The summed E-state index contributed by atoms with van der Waals surface area (Å²) in [5.41, 5.74) is 1.15. The molecule has 0 fully saturated rings. The molecule has 2 aromatic rings. The van der Waals surface area contributed by atoms with Crippen molar-refractivity contribution < 1.29 is 0 Å². The molecule has 0 aliphatic carbocycles. The highest BCUT2D eigenvalue weighted by atomic mass is 35.5. The molecule has 2 heterocycles. The average Bonchev–Trinajstić information content (AvgIpc) is 3.13. The summed E-state index contributed by atoms with van der Waals surface area (Å²) in [6.45, 7) is 2.32. The lowest BCUT2D eigenvalue weighted by molar-refractivity contribution is 0.663. The monoisotopic (exact) mass is 318 g/mol. The molecule has 0 saturated heterocycles. The van der Waals surface area contributed by atoms with Crippen molar-refractivity contribution in [2.75, 3.05) is 7.05 Å². The molecule has 1 aromatic heterocycles. The molecule has 6 nitrogen and oxygen atoms in total. The maximum atomic E-state index is 5.88. The van der Waals surface area contributed by atoms with Gasteiger partial charge in [0, 0.05) is 31.6 Å². The minimum Gasteiger partial charge on any atom is -0.352 e. The summed E-state index contributed by atoms with van der Waals surface area (Å²) >= 11 is 5.88. The van der Waals surface area contributed by atoms with Crippen molar-refractivity contribution in [3.05, 3.63) is 46.5 Å². The van der Waals surface area contributed by atoms with Crippen LogP contribution in [0.25, 0.3) is 0 Å². The predicted octanol–water partition coefficient (Wildman–Crippen LogP) is 1.74. The van der Waals surface area contributed by atoms with Crippen molar-refractivity contribution in [1.82, 2.24) is 25.4 Å². The van der Waals surface area contributed by atoms with Gasteiger partial charge in [-0.15, -0.1) is 10.2 Å². The van der Waals surface area contributed by atoms with Crippen molar-refractivity contribution in [3.63, 3.8) is 0 Å². The van der Waals surface area contributed by atoms with Gasteiger partial charge in [-0.2, -0.15) is 0 Å². The number of rotatable bonds is 4. The fraction of sp³-hybridized carbons (Fsp3) is 0.400. The second-order valence-electron chi connectivity index (χ2n) is 5.19. The summed E-state index contributed by atoms with van der Waals surface area (Å²) < 4.78 is 2.18. The number of aryl methyl sites for hydroxylation is 1. The van der Waals surface area contributed by atoms with Gasteiger partial charge in [0.2, 0.25) is 0 Å². The topological polar surface area (TPSA) is 67.1 Å². The molecule has 0 saturated carbocycles. The van der Waals surface area contributed by atoms with E-state index in [-0.39, 0.29) is 0 Å². The Bertz CT molecular complexity index is 661. The van der Waals surface area contributed by atoms with Gasteiger partial charge < -0.3 is 15.2 Å². The fourth-order valence-electron chi connectivity index (χ4n) is 2.51. The quantitative estimate of drug-likeness (QED) is 0.665. The molecule has 7 heteroatoms. The Balaban J connectivity index is 1.53. The van der Waals surface area contributed by atoms with Gasteiger partial charge in [0.15, 0.2) is 11.8 Å². The summed E-state index contributed by atoms with van der Waals surface area (Å²) in [6, 6.07) is 7.75. The van der Waals surface area contributed by atoms with Crippen molar-refractivity contribution in [2.45, 2.75) is 32.5 Å². The van der Waals surface area contributed by atoms with E-state index in [9.17, 15) is 0 Å². The van der Waals surface area contributed by atoms with Crippen molar-refractivity contribution in [2.24, 2.45) is 4.99 Å². The van der Waals surface area contributed by atoms with E-state index in [1.54, 1.807) is 7.05 Å². The maximum absolute atomic E-state index is 5.88. The minimum absolute atomic E-state index is 0.618. The third kappa shape index (κ3) is 3.39. The zero-order valence-corrected chi connectivity index (χ0v) is 13.3. The van der Waals surface area contributed by atoms with E-state index in [1.165, 1.54) is 0 Å². The first-order valence-corrected chi connectivity index (χ1v) is 7.74. The molecular weight excluding hydrogens is 300 g/mol. The largest absolute Gasteiger partial charge is 0.352 e. The van der Waals surface area contributed by atoms with Crippen LogP contribution in [0.5, 0.6) is 0 Å². The average molecular weight is 319 g/mol. The van der Waals surface area contributed by atoms with E-state index in [1.807, 2.05) is 24.3 Å². The fourth-order valence-corrected chi connectivity index (χ4v) is 2.64. The first-order chi connectivity index (χ1) is 10.8. The van der Waals surface area contributed by atoms with Crippen LogP contribution in [0.3, 0.4) is 0 Å². The first-order valence-electron chi connectivity index (χ1n) is 7.36. The van der Waals surface area contributed by atoms with Gasteiger partial charge in [-0.1, -0.05) is 23.7 Å². The predicted molar refractivity (Wildman–Crippen MR) is 86.8 cm³/mol. The zero-order chi connectivity index (χ0) is 15.4. The van der Waals surface area contributed by atoms with Crippen LogP contribution in [0.15, 0.2) is 29.3 Å². The molecule has 22 heavy (non-hydrogen) atoms. The van der Waals surface area contributed by atoms with Crippen LogP contribution in [0.1, 0.15) is 23.6 Å². The second kappa shape index (κ2) is 6.79. The Morgan fingerprint density at radius 2 is 2.00 bits per heavy atom. The normalized spacial score (nSPS) is 14.0. The molecule has 3 rings (SSSR count). The van der Waals surface area contributed by atoms with Crippen LogP contribution in [-0.2, 0) is 26.1 Å². The Hall–Kier alpha value is -2.08. The van der Waals surface area contributed by atoms with E-state index >= 15 is 0 Å². The summed E-state index contributed by atoms with van der Waals surface area (Å²) in [5, 5.41) is 15.7. The van der Waals surface area contributed by atoms with E-state index in [0.717, 1.165) is 47.6 Å². The second-order valence-corrected chi connectivity index (χ2v) is 5.63. The molecule has 1 aromatic carbocycles. The van der Waals surface area contributed by atoms with Crippen LogP contribution < -0.4 is 10.6 Å². The lowest BCUT2D eigenvalue weighted by Crippen LogP contribution is -2.37. The lowest BCUT2D eigenvalue weighted by Gasteiger charge is -2.12. The van der Waals surface area contributed by atoms with Crippen molar-refractivity contribution >= 4 is 17.6 Å². The molecule has 0 unspecified atom stereocenters. The molecule has 2 N–H and O–H groups in total. The lowest BCUT2D eigenvalue weighted by atomic mass is 10.2. The van der Waals surface area contributed by atoms with Gasteiger partial charge in [0.25, 0.3) is 0 Å². The first kappa shape index (κ1) is 14.8. The smallest absolute Gasteiger partial charge is 0.191 e. The SMILES string of the molecule is CN=C(NCc1ccc(Cl)cc1)NCc1nnc2n1CCC2. The van der Waals surface area contributed by atoms with E-state index < -0.39 is 0 Å². The summed E-state index contributed by atoms with van der Waals surface area (Å²) in [5.74, 6) is 2.79. The highest BCUT2D eigenvalue weighted by molar-refractivity contribution is 6.30.